The van der Waals surface area contributed by atoms with E-state index < -0.39 is 10.0 Å². The van der Waals surface area contributed by atoms with Crippen molar-refractivity contribution in [2.24, 2.45) is 0 Å². The molecule has 6 nitrogen and oxygen atoms in total. The van der Waals surface area contributed by atoms with Crippen molar-refractivity contribution in [3.63, 3.8) is 0 Å². The van der Waals surface area contributed by atoms with Crippen LogP contribution in [0.5, 0.6) is 0 Å². The SMILES string of the molecule is CNS(=O)(=O)CCn1cnc2cc(Cl)ccc2c1=O. The summed E-state index contributed by atoms with van der Waals surface area (Å²) in [6.45, 7) is 0.0492. The minimum Gasteiger partial charge on any atom is -0.298 e. The van der Waals surface area contributed by atoms with E-state index in [1.807, 2.05) is 0 Å². The number of hydrogen-bond donors (Lipinski definition) is 1. The largest absolute Gasteiger partial charge is 0.298 e. The monoisotopic (exact) mass is 301 g/mol. The standard InChI is InChI=1S/C11H12ClN3O3S/c1-13-19(17,18)5-4-15-7-14-10-6-8(12)2-3-9(10)11(15)16/h2-3,6-7,13H,4-5H2,1H3. The Kier molecular flexibility index (Phi) is 3.88. The summed E-state index contributed by atoms with van der Waals surface area (Å²) >= 11 is 5.81. The molecule has 8 heteroatoms. The van der Waals surface area contributed by atoms with E-state index >= 15 is 0 Å². The molecule has 2 rings (SSSR count). The lowest BCUT2D eigenvalue weighted by Crippen LogP contribution is -2.29. The number of hydrogen-bond acceptors (Lipinski definition) is 4. The molecule has 0 unspecified atom stereocenters. The summed E-state index contributed by atoms with van der Waals surface area (Å²) in [5.74, 6) is -0.176. The topological polar surface area (TPSA) is 81.1 Å². The van der Waals surface area contributed by atoms with Gasteiger partial charge in [-0.1, -0.05) is 11.6 Å². The Balaban J connectivity index is 2.39. The molecule has 1 aromatic heterocycles. The first kappa shape index (κ1) is 14.0. The minimum absolute atomic E-state index is 0.0492. The van der Waals surface area contributed by atoms with Crippen molar-refractivity contribution in [1.29, 1.82) is 0 Å². The molecule has 2 aromatic rings. The highest BCUT2D eigenvalue weighted by atomic mass is 35.5. The van der Waals surface area contributed by atoms with Crippen molar-refractivity contribution in [3.8, 4) is 0 Å². The fourth-order valence-electron chi connectivity index (χ4n) is 1.61. The summed E-state index contributed by atoms with van der Waals surface area (Å²) in [6, 6.07) is 4.77. The van der Waals surface area contributed by atoms with Gasteiger partial charge in [-0.15, -0.1) is 0 Å². The van der Waals surface area contributed by atoms with E-state index in [1.54, 1.807) is 18.2 Å². The van der Waals surface area contributed by atoms with Gasteiger partial charge in [-0.2, -0.15) is 0 Å². The third-order valence-corrected chi connectivity index (χ3v) is 4.28. The smallest absolute Gasteiger partial charge is 0.261 e. The molecule has 1 N–H and O–H groups in total. The molecule has 0 radical (unpaired) electrons. The van der Waals surface area contributed by atoms with E-state index in [1.165, 1.54) is 17.9 Å². The minimum atomic E-state index is -3.35. The number of sulfonamides is 1. The highest BCUT2D eigenvalue weighted by Crippen LogP contribution is 2.13. The Bertz CT molecular complexity index is 770. The number of benzene rings is 1. The van der Waals surface area contributed by atoms with Gasteiger partial charge < -0.3 is 0 Å². The number of fused-ring (bicyclic) bond motifs is 1. The van der Waals surface area contributed by atoms with Crippen LogP contribution in [-0.4, -0.2) is 30.8 Å². The second kappa shape index (κ2) is 5.28. The zero-order valence-electron chi connectivity index (χ0n) is 10.1. The van der Waals surface area contributed by atoms with Crippen LogP contribution in [0.15, 0.2) is 29.3 Å². The molecule has 0 aliphatic heterocycles. The lowest BCUT2D eigenvalue weighted by atomic mass is 10.2. The molecule has 0 amide bonds. The van der Waals surface area contributed by atoms with Gasteiger partial charge in [0, 0.05) is 11.6 Å². The molecular weight excluding hydrogens is 290 g/mol. The summed E-state index contributed by atoms with van der Waals surface area (Å²) in [6.07, 6.45) is 1.33. The van der Waals surface area contributed by atoms with Crippen molar-refractivity contribution in [2.45, 2.75) is 6.54 Å². The number of nitrogens with one attached hydrogen (secondary N) is 1. The highest BCUT2D eigenvalue weighted by molar-refractivity contribution is 7.89. The van der Waals surface area contributed by atoms with Crippen LogP contribution >= 0.6 is 11.6 Å². The van der Waals surface area contributed by atoms with Crippen LogP contribution in [0, 0.1) is 0 Å². The predicted molar refractivity (Wildman–Crippen MR) is 73.9 cm³/mol. The van der Waals surface area contributed by atoms with E-state index in [0.717, 1.165) is 0 Å². The maximum absolute atomic E-state index is 12.1. The van der Waals surface area contributed by atoms with Crippen LogP contribution in [0.1, 0.15) is 0 Å². The molecular formula is C11H12ClN3O3S. The Morgan fingerprint density at radius 1 is 1.42 bits per heavy atom. The van der Waals surface area contributed by atoms with E-state index in [9.17, 15) is 13.2 Å². The number of aryl methyl sites for hydroxylation is 1. The number of halogens is 1. The molecule has 1 heterocycles. The van der Waals surface area contributed by atoms with Gasteiger partial charge in [-0.05, 0) is 25.2 Å². The maximum atomic E-state index is 12.1. The van der Waals surface area contributed by atoms with Gasteiger partial charge >= 0.3 is 0 Å². The van der Waals surface area contributed by atoms with Crippen LogP contribution in [-0.2, 0) is 16.6 Å². The first-order chi connectivity index (χ1) is 8.93. The highest BCUT2D eigenvalue weighted by Gasteiger charge is 2.09. The fourth-order valence-corrected chi connectivity index (χ4v) is 2.42. The summed E-state index contributed by atoms with van der Waals surface area (Å²) in [7, 11) is -2.02. The predicted octanol–water partition coefficient (Wildman–Crippen LogP) is 0.599. The molecule has 0 spiro atoms. The Hall–Kier alpha value is -1.44. The van der Waals surface area contributed by atoms with Gasteiger partial charge in [0.25, 0.3) is 5.56 Å². The van der Waals surface area contributed by atoms with Gasteiger partial charge in [-0.25, -0.2) is 18.1 Å². The van der Waals surface area contributed by atoms with Crippen LogP contribution in [0.25, 0.3) is 10.9 Å². The normalized spacial score (nSPS) is 11.9. The van der Waals surface area contributed by atoms with Gasteiger partial charge in [-0.3, -0.25) is 9.36 Å². The maximum Gasteiger partial charge on any atom is 0.261 e. The van der Waals surface area contributed by atoms with Crippen molar-refractivity contribution in [3.05, 3.63) is 39.9 Å². The van der Waals surface area contributed by atoms with E-state index in [-0.39, 0.29) is 17.9 Å². The summed E-state index contributed by atoms with van der Waals surface area (Å²) in [5.41, 5.74) is 0.207. The molecule has 0 bridgehead atoms. The molecule has 19 heavy (non-hydrogen) atoms. The Labute approximate surface area is 115 Å². The summed E-state index contributed by atoms with van der Waals surface area (Å²) in [4.78, 5) is 16.2. The second-order valence-corrected chi connectivity index (χ2v) is 6.41. The van der Waals surface area contributed by atoms with E-state index in [0.29, 0.717) is 15.9 Å². The first-order valence-corrected chi connectivity index (χ1v) is 7.52. The van der Waals surface area contributed by atoms with Gasteiger partial charge in [0.15, 0.2) is 0 Å². The zero-order valence-corrected chi connectivity index (χ0v) is 11.7. The van der Waals surface area contributed by atoms with Gasteiger partial charge in [0.1, 0.15) is 0 Å². The molecule has 0 aliphatic carbocycles. The fraction of sp³-hybridized carbons (Fsp3) is 0.273. The van der Waals surface area contributed by atoms with Gasteiger partial charge in [0.05, 0.1) is 23.0 Å². The third-order valence-electron chi connectivity index (χ3n) is 2.70. The van der Waals surface area contributed by atoms with Crippen LogP contribution < -0.4 is 10.3 Å². The molecule has 0 saturated heterocycles. The number of aromatic nitrogens is 2. The molecule has 0 saturated carbocycles. The van der Waals surface area contributed by atoms with Crippen LogP contribution in [0.4, 0.5) is 0 Å². The van der Waals surface area contributed by atoms with Crippen LogP contribution in [0.3, 0.4) is 0 Å². The molecule has 0 fully saturated rings. The van der Waals surface area contributed by atoms with Crippen molar-refractivity contribution in [2.75, 3.05) is 12.8 Å². The second-order valence-electron chi connectivity index (χ2n) is 3.93. The quantitative estimate of drug-likeness (QED) is 0.896. The molecule has 0 aliphatic rings. The van der Waals surface area contributed by atoms with Crippen molar-refractivity contribution < 1.29 is 8.42 Å². The Morgan fingerprint density at radius 2 is 2.16 bits per heavy atom. The summed E-state index contributed by atoms with van der Waals surface area (Å²) < 4.78 is 26.1. The van der Waals surface area contributed by atoms with E-state index in [2.05, 4.69) is 9.71 Å². The lowest BCUT2D eigenvalue weighted by molar-refractivity contribution is 0.579. The van der Waals surface area contributed by atoms with Crippen LogP contribution in [0.2, 0.25) is 5.02 Å². The first-order valence-electron chi connectivity index (χ1n) is 5.49. The summed E-state index contributed by atoms with van der Waals surface area (Å²) in [5, 5.41) is 0.906. The van der Waals surface area contributed by atoms with Crippen molar-refractivity contribution >= 4 is 32.5 Å². The molecule has 102 valence electrons. The van der Waals surface area contributed by atoms with Crippen molar-refractivity contribution in [1.82, 2.24) is 14.3 Å². The zero-order chi connectivity index (χ0) is 14.0. The Morgan fingerprint density at radius 3 is 2.84 bits per heavy atom. The lowest BCUT2D eigenvalue weighted by Gasteiger charge is -2.07. The third kappa shape index (κ3) is 3.12. The molecule has 1 aromatic carbocycles. The number of rotatable bonds is 4. The van der Waals surface area contributed by atoms with Gasteiger partial charge in [0.2, 0.25) is 10.0 Å². The average molecular weight is 302 g/mol. The molecule has 0 atom stereocenters. The average Bonchev–Trinajstić information content (AvgIpc) is 2.38. The number of nitrogens with zero attached hydrogens (tertiary/aromatic N) is 2. The van der Waals surface area contributed by atoms with E-state index in [4.69, 9.17) is 11.6 Å².